The lowest BCUT2D eigenvalue weighted by atomic mass is 10.0. The van der Waals surface area contributed by atoms with Crippen LogP contribution in [0.3, 0.4) is 0 Å². The first-order valence-electron chi connectivity index (χ1n) is 6.11. The van der Waals surface area contributed by atoms with Crippen molar-refractivity contribution in [2.45, 2.75) is 6.92 Å². The van der Waals surface area contributed by atoms with Gasteiger partial charge in [0.2, 0.25) is 0 Å². The predicted octanol–water partition coefficient (Wildman–Crippen LogP) is 2.93. The highest BCUT2D eigenvalue weighted by Crippen LogP contribution is 2.28. The van der Waals surface area contributed by atoms with Gasteiger partial charge in [0.25, 0.3) is 0 Å². The summed E-state index contributed by atoms with van der Waals surface area (Å²) in [7, 11) is 2.93. The summed E-state index contributed by atoms with van der Waals surface area (Å²) in [6, 6.07) is 11.7. The van der Waals surface area contributed by atoms with Gasteiger partial charge in [0, 0.05) is 10.9 Å². The van der Waals surface area contributed by atoms with Crippen molar-refractivity contribution in [2.75, 3.05) is 14.2 Å². The predicted molar refractivity (Wildman–Crippen MR) is 78.3 cm³/mol. The van der Waals surface area contributed by atoms with Crippen molar-refractivity contribution in [1.82, 2.24) is 5.43 Å². The first-order valence-corrected chi connectivity index (χ1v) is 6.11. The molecule has 0 unspecified atom stereocenters. The molecule has 1 N–H and O–H groups in total. The van der Waals surface area contributed by atoms with Crippen LogP contribution in [0, 0.1) is 0 Å². The molecule has 104 valence electrons. The molecule has 0 fully saturated rings. The van der Waals surface area contributed by atoms with Crippen molar-refractivity contribution >= 4 is 22.6 Å². The zero-order valence-electron chi connectivity index (χ0n) is 11.6. The van der Waals surface area contributed by atoms with E-state index in [0.29, 0.717) is 5.71 Å². The molecular formula is C15H16N2O3. The van der Waals surface area contributed by atoms with Gasteiger partial charge in [-0.2, -0.15) is 5.10 Å². The van der Waals surface area contributed by atoms with E-state index in [2.05, 4.69) is 15.3 Å². The summed E-state index contributed by atoms with van der Waals surface area (Å²) in [5.74, 6) is 0.804. The Hall–Kier alpha value is -2.56. The third-order valence-electron chi connectivity index (χ3n) is 2.99. The number of hydrogen-bond donors (Lipinski definition) is 1. The Morgan fingerprint density at radius 1 is 1.10 bits per heavy atom. The van der Waals surface area contributed by atoms with Crippen LogP contribution in [0.5, 0.6) is 5.75 Å². The zero-order chi connectivity index (χ0) is 14.5. The smallest absolute Gasteiger partial charge is 0.427 e. The van der Waals surface area contributed by atoms with Crippen molar-refractivity contribution in [2.24, 2.45) is 5.10 Å². The van der Waals surface area contributed by atoms with E-state index in [-0.39, 0.29) is 0 Å². The second-order valence-corrected chi connectivity index (χ2v) is 4.16. The lowest BCUT2D eigenvalue weighted by Gasteiger charge is -2.10. The second kappa shape index (κ2) is 6.06. The molecule has 0 atom stereocenters. The molecule has 0 bridgehead atoms. The minimum Gasteiger partial charge on any atom is -0.496 e. The van der Waals surface area contributed by atoms with E-state index in [1.54, 1.807) is 7.11 Å². The number of amides is 1. The van der Waals surface area contributed by atoms with Crippen LogP contribution in [0.25, 0.3) is 10.8 Å². The van der Waals surface area contributed by atoms with Gasteiger partial charge < -0.3 is 9.47 Å². The van der Waals surface area contributed by atoms with Gasteiger partial charge in [0.15, 0.2) is 0 Å². The number of methoxy groups -OCH3 is 2. The number of nitrogens with zero attached hydrogens (tertiary/aromatic N) is 1. The Balaban J connectivity index is 2.47. The number of ether oxygens (including phenoxy) is 2. The van der Waals surface area contributed by atoms with Crippen LogP contribution < -0.4 is 10.2 Å². The molecular weight excluding hydrogens is 256 g/mol. The molecule has 0 aliphatic heterocycles. The molecule has 20 heavy (non-hydrogen) atoms. The number of hydrazone groups is 1. The van der Waals surface area contributed by atoms with Gasteiger partial charge in [-0.25, -0.2) is 10.2 Å². The molecule has 0 radical (unpaired) electrons. The van der Waals surface area contributed by atoms with Gasteiger partial charge in [0.05, 0.1) is 19.9 Å². The maximum atomic E-state index is 11.1. The normalized spacial score (nSPS) is 11.2. The molecule has 0 spiro atoms. The third kappa shape index (κ3) is 2.71. The van der Waals surface area contributed by atoms with E-state index in [4.69, 9.17) is 4.74 Å². The largest absolute Gasteiger partial charge is 0.496 e. The number of nitrogens with one attached hydrogen (secondary N) is 1. The van der Waals surface area contributed by atoms with Crippen molar-refractivity contribution in [3.05, 3.63) is 42.0 Å². The van der Waals surface area contributed by atoms with Crippen molar-refractivity contribution in [3.63, 3.8) is 0 Å². The van der Waals surface area contributed by atoms with E-state index in [0.717, 1.165) is 22.1 Å². The average molecular weight is 272 g/mol. The number of hydrogen-bond acceptors (Lipinski definition) is 4. The van der Waals surface area contributed by atoms with E-state index in [9.17, 15) is 4.79 Å². The SMILES string of the molecule is COC(=O)N/N=C(/C)c1ccc(OC)c2ccccc12. The minimum atomic E-state index is -0.595. The number of fused-ring (bicyclic) bond motifs is 1. The molecule has 2 aromatic rings. The van der Waals surface area contributed by atoms with Gasteiger partial charge in [-0.05, 0) is 24.4 Å². The van der Waals surface area contributed by atoms with Gasteiger partial charge in [-0.3, -0.25) is 0 Å². The van der Waals surface area contributed by atoms with E-state index < -0.39 is 6.09 Å². The first-order chi connectivity index (χ1) is 9.67. The Bertz CT molecular complexity index is 665. The summed E-state index contributed by atoms with van der Waals surface area (Å²) in [5.41, 5.74) is 3.94. The van der Waals surface area contributed by atoms with Crippen LogP contribution in [0.15, 0.2) is 41.5 Å². The monoisotopic (exact) mass is 272 g/mol. The average Bonchev–Trinajstić information content (AvgIpc) is 2.51. The standard InChI is InChI=1S/C15H16N2O3/c1-10(16-17-15(18)20-3)11-8-9-14(19-2)13-7-5-4-6-12(11)13/h4-9H,1-3H3,(H,17,18)/b16-10-. The summed E-state index contributed by atoms with van der Waals surface area (Å²) < 4.78 is 9.83. The summed E-state index contributed by atoms with van der Waals surface area (Å²) in [4.78, 5) is 11.1. The minimum absolute atomic E-state index is 0.595. The van der Waals surface area contributed by atoms with Gasteiger partial charge in [-0.15, -0.1) is 0 Å². The van der Waals surface area contributed by atoms with Crippen molar-refractivity contribution in [1.29, 1.82) is 0 Å². The van der Waals surface area contributed by atoms with E-state index in [1.165, 1.54) is 7.11 Å². The van der Waals surface area contributed by atoms with Crippen LogP contribution in [-0.4, -0.2) is 26.0 Å². The number of benzene rings is 2. The Kier molecular flexibility index (Phi) is 4.20. The molecule has 0 heterocycles. The molecule has 0 aliphatic carbocycles. The van der Waals surface area contributed by atoms with Gasteiger partial charge in [0.1, 0.15) is 5.75 Å². The summed E-state index contributed by atoms with van der Waals surface area (Å²) in [6.07, 6.45) is -0.595. The fraction of sp³-hybridized carbons (Fsp3) is 0.200. The fourth-order valence-electron chi connectivity index (χ4n) is 2.00. The molecule has 0 aromatic heterocycles. The topological polar surface area (TPSA) is 59.9 Å². The number of carbonyl (C=O) groups is 1. The summed E-state index contributed by atoms with van der Waals surface area (Å²) in [6.45, 7) is 1.82. The lowest BCUT2D eigenvalue weighted by molar-refractivity contribution is 0.171. The van der Waals surface area contributed by atoms with Crippen molar-refractivity contribution < 1.29 is 14.3 Å². The molecule has 5 nitrogen and oxygen atoms in total. The highest BCUT2D eigenvalue weighted by Gasteiger charge is 2.08. The maximum Gasteiger partial charge on any atom is 0.427 e. The molecule has 1 amide bonds. The van der Waals surface area contributed by atoms with Crippen LogP contribution in [-0.2, 0) is 4.74 Å². The molecule has 2 aromatic carbocycles. The molecule has 2 rings (SSSR count). The Morgan fingerprint density at radius 3 is 2.45 bits per heavy atom. The second-order valence-electron chi connectivity index (χ2n) is 4.16. The fourth-order valence-corrected chi connectivity index (χ4v) is 2.00. The Morgan fingerprint density at radius 2 is 1.80 bits per heavy atom. The summed E-state index contributed by atoms with van der Waals surface area (Å²) in [5, 5.41) is 6.04. The van der Waals surface area contributed by atoms with Gasteiger partial charge in [-0.1, -0.05) is 24.3 Å². The molecule has 0 saturated carbocycles. The Labute approximate surface area is 117 Å². The third-order valence-corrected chi connectivity index (χ3v) is 2.99. The summed E-state index contributed by atoms with van der Waals surface area (Å²) >= 11 is 0. The van der Waals surface area contributed by atoms with Crippen LogP contribution in [0.4, 0.5) is 4.79 Å². The van der Waals surface area contributed by atoms with Crippen molar-refractivity contribution in [3.8, 4) is 5.75 Å². The van der Waals surface area contributed by atoms with Crippen LogP contribution in [0.1, 0.15) is 12.5 Å². The highest BCUT2D eigenvalue weighted by molar-refractivity contribution is 6.11. The highest BCUT2D eigenvalue weighted by atomic mass is 16.5. The molecule has 5 heteroatoms. The molecule has 0 aliphatic rings. The zero-order valence-corrected chi connectivity index (χ0v) is 11.6. The number of carbonyl (C=O) groups excluding carboxylic acids is 1. The van der Waals surface area contributed by atoms with Crippen LogP contribution >= 0.6 is 0 Å². The molecule has 0 saturated heterocycles. The van der Waals surface area contributed by atoms with Crippen LogP contribution in [0.2, 0.25) is 0 Å². The lowest BCUT2D eigenvalue weighted by Crippen LogP contribution is -2.18. The van der Waals surface area contributed by atoms with E-state index in [1.807, 2.05) is 43.3 Å². The first kappa shape index (κ1) is 13.9. The van der Waals surface area contributed by atoms with Gasteiger partial charge >= 0.3 is 6.09 Å². The maximum absolute atomic E-state index is 11.1. The van der Waals surface area contributed by atoms with E-state index >= 15 is 0 Å². The quantitative estimate of drug-likeness (QED) is 0.690. The number of rotatable bonds is 3.